The largest absolute Gasteiger partial charge is 0.364 e. The Morgan fingerprint density at radius 3 is 3.10 bits per heavy atom. The summed E-state index contributed by atoms with van der Waals surface area (Å²) in [6, 6.07) is 8.79. The van der Waals surface area contributed by atoms with Gasteiger partial charge in [-0.05, 0) is 37.9 Å². The monoisotopic (exact) mass is 285 g/mol. The van der Waals surface area contributed by atoms with E-state index in [1.165, 1.54) is 29.7 Å². The van der Waals surface area contributed by atoms with Crippen LogP contribution in [0.15, 0.2) is 28.8 Å². The second-order valence-corrected chi connectivity index (χ2v) is 5.72. The van der Waals surface area contributed by atoms with Crippen molar-refractivity contribution in [3.05, 3.63) is 46.8 Å². The third kappa shape index (κ3) is 3.27. The van der Waals surface area contributed by atoms with E-state index in [4.69, 9.17) is 4.52 Å². The fourth-order valence-electron chi connectivity index (χ4n) is 2.92. The number of aryl methyl sites for hydroxylation is 2. The number of nitrogens with zero attached hydrogens (tertiary/aromatic N) is 2. The number of fused-ring (bicyclic) bond motifs is 1. The molecule has 0 amide bonds. The van der Waals surface area contributed by atoms with Crippen LogP contribution in [0.2, 0.25) is 0 Å². The van der Waals surface area contributed by atoms with Crippen LogP contribution in [-0.2, 0) is 19.5 Å². The molecule has 1 aliphatic heterocycles. The molecule has 0 saturated carbocycles. The lowest BCUT2D eigenvalue weighted by Crippen LogP contribution is -2.28. The van der Waals surface area contributed by atoms with E-state index in [1.54, 1.807) is 0 Å². The highest BCUT2D eigenvalue weighted by Gasteiger charge is 2.18. The maximum Gasteiger partial charge on any atom is 0.156 e. The van der Waals surface area contributed by atoms with Gasteiger partial charge in [-0.1, -0.05) is 29.8 Å². The lowest BCUT2D eigenvalue weighted by Gasteiger charge is -2.30. The van der Waals surface area contributed by atoms with Gasteiger partial charge < -0.3 is 14.7 Å². The van der Waals surface area contributed by atoms with Gasteiger partial charge >= 0.3 is 0 Å². The fourth-order valence-corrected chi connectivity index (χ4v) is 2.92. The molecule has 0 fully saturated rings. The molecule has 0 radical (unpaired) electrons. The van der Waals surface area contributed by atoms with E-state index < -0.39 is 0 Å². The summed E-state index contributed by atoms with van der Waals surface area (Å²) in [5, 5.41) is 7.39. The zero-order valence-corrected chi connectivity index (χ0v) is 12.9. The van der Waals surface area contributed by atoms with Gasteiger partial charge in [-0.2, -0.15) is 0 Å². The van der Waals surface area contributed by atoms with E-state index in [-0.39, 0.29) is 0 Å². The van der Waals surface area contributed by atoms with Crippen LogP contribution in [-0.4, -0.2) is 18.2 Å². The van der Waals surface area contributed by atoms with Crippen LogP contribution >= 0.6 is 0 Å². The number of benzene rings is 1. The van der Waals surface area contributed by atoms with Crippen LogP contribution in [0.5, 0.6) is 0 Å². The zero-order valence-electron chi connectivity index (χ0n) is 12.9. The molecule has 112 valence electrons. The number of rotatable bonds is 5. The van der Waals surface area contributed by atoms with Gasteiger partial charge in [0.25, 0.3) is 0 Å². The molecule has 1 N–H and O–H groups in total. The van der Waals surface area contributed by atoms with Gasteiger partial charge in [0.05, 0.1) is 12.2 Å². The Morgan fingerprint density at radius 1 is 1.33 bits per heavy atom. The molecule has 0 atom stereocenters. The Kier molecular flexibility index (Phi) is 4.25. The average molecular weight is 285 g/mol. The van der Waals surface area contributed by atoms with Crippen molar-refractivity contribution in [3.8, 4) is 0 Å². The molecule has 4 nitrogen and oxygen atoms in total. The predicted octanol–water partition coefficient (Wildman–Crippen LogP) is 3.05. The van der Waals surface area contributed by atoms with Crippen molar-refractivity contribution in [3.63, 3.8) is 0 Å². The maximum atomic E-state index is 5.47. The van der Waals surface area contributed by atoms with Crippen LogP contribution in [0, 0.1) is 6.92 Å². The van der Waals surface area contributed by atoms with Gasteiger partial charge in [0, 0.05) is 24.8 Å². The first kappa shape index (κ1) is 14.1. The van der Waals surface area contributed by atoms with Gasteiger partial charge in [-0.15, -0.1) is 0 Å². The molecule has 0 bridgehead atoms. The van der Waals surface area contributed by atoms with E-state index in [1.807, 2.05) is 0 Å². The van der Waals surface area contributed by atoms with Crippen molar-refractivity contribution < 1.29 is 4.52 Å². The molecule has 1 aromatic carbocycles. The molecule has 0 saturated heterocycles. The molecule has 1 aromatic heterocycles. The number of hydrogen-bond donors (Lipinski definition) is 1. The van der Waals surface area contributed by atoms with Crippen LogP contribution in [0.1, 0.15) is 35.9 Å². The van der Waals surface area contributed by atoms with Crippen molar-refractivity contribution >= 4 is 5.69 Å². The minimum atomic E-state index is 0.774. The van der Waals surface area contributed by atoms with E-state index in [2.05, 4.69) is 53.5 Å². The van der Waals surface area contributed by atoms with Crippen LogP contribution < -0.4 is 10.2 Å². The Morgan fingerprint density at radius 2 is 2.24 bits per heavy atom. The predicted molar refractivity (Wildman–Crippen MR) is 84.4 cm³/mol. The number of hydrogen-bond acceptors (Lipinski definition) is 4. The van der Waals surface area contributed by atoms with Gasteiger partial charge in [0.15, 0.2) is 5.76 Å². The SMILES string of the molecule is CCNCc1cc(CN2CCCc3cc(C)ccc32)on1. The highest BCUT2D eigenvalue weighted by atomic mass is 16.5. The molecule has 2 heterocycles. The Hall–Kier alpha value is -1.81. The Bertz CT molecular complexity index is 606. The second-order valence-electron chi connectivity index (χ2n) is 5.72. The molecule has 0 aliphatic carbocycles. The van der Waals surface area contributed by atoms with E-state index >= 15 is 0 Å². The summed E-state index contributed by atoms with van der Waals surface area (Å²) in [6.07, 6.45) is 2.38. The summed E-state index contributed by atoms with van der Waals surface area (Å²) in [5.41, 5.74) is 5.11. The highest BCUT2D eigenvalue weighted by molar-refractivity contribution is 5.56. The summed E-state index contributed by atoms with van der Waals surface area (Å²) < 4.78 is 5.47. The maximum absolute atomic E-state index is 5.47. The molecule has 21 heavy (non-hydrogen) atoms. The first-order valence-corrected chi connectivity index (χ1v) is 7.76. The summed E-state index contributed by atoms with van der Waals surface area (Å²) in [7, 11) is 0. The fraction of sp³-hybridized carbons (Fsp3) is 0.471. The normalized spacial score (nSPS) is 14.3. The van der Waals surface area contributed by atoms with Gasteiger partial charge in [0.2, 0.25) is 0 Å². The van der Waals surface area contributed by atoms with Crippen LogP contribution in [0.25, 0.3) is 0 Å². The molecular formula is C17H23N3O. The minimum absolute atomic E-state index is 0.774. The summed E-state index contributed by atoms with van der Waals surface area (Å²) >= 11 is 0. The van der Waals surface area contributed by atoms with Gasteiger partial charge in [-0.25, -0.2) is 0 Å². The summed E-state index contributed by atoms with van der Waals surface area (Å²) in [6.45, 7) is 7.85. The van der Waals surface area contributed by atoms with Crippen molar-refractivity contribution in [2.75, 3.05) is 18.0 Å². The first-order valence-electron chi connectivity index (χ1n) is 7.76. The quantitative estimate of drug-likeness (QED) is 0.917. The molecule has 1 aliphatic rings. The number of anilines is 1. The molecule has 3 rings (SSSR count). The third-order valence-electron chi connectivity index (χ3n) is 3.96. The zero-order chi connectivity index (χ0) is 14.7. The molecule has 0 unspecified atom stereocenters. The van der Waals surface area contributed by atoms with Gasteiger partial charge in [0.1, 0.15) is 0 Å². The lowest BCUT2D eigenvalue weighted by atomic mass is 9.99. The molecule has 0 spiro atoms. The van der Waals surface area contributed by atoms with E-state index in [0.29, 0.717) is 0 Å². The minimum Gasteiger partial charge on any atom is -0.364 e. The topological polar surface area (TPSA) is 41.3 Å². The molecule has 4 heteroatoms. The van der Waals surface area contributed by atoms with Crippen molar-refractivity contribution in [1.82, 2.24) is 10.5 Å². The van der Waals surface area contributed by atoms with Crippen LogP contribution in [0.4, 0.5) is 5.69 Å². The Balaban J connectivity index is 1.73. The first-order chi connectivity index (χ1) is 10.3. The molecular weight excluding hydrogens is 262 g/mol. The second kappa shape index (κ2) is 6.31. The Labute approximate surface area is 126 Å². The van der Waals surface area contributed by atoms with E-state index in [0.717, 1.165) is 37.6 Å². The summed E-state index contributed by atoms with van der Waals surface area (Å²) in [4.78, 5) is 2.40. The number of nitrogens with one attached hydrogen (secondary N) is 1. The smallest absolute Gasteiger partial charge is 0.156 e. The van der Waals surface area contributed by atoms with Crippen molar-refractivity contribution in [2.45, 2.75) is 39.8 Å². The lowest BCUT2D eigenvalue weighted by molar-refractivity contribution is 0.372. The standard InChI is InChI=1S/C17H23N3O/c1-3-18-11-15-10-16(21-19-15)12-20-8-4-5-14-9-13(2)6-7-17(14)20/h6-7,9-10,18H,3-5,8,11-12H2,1-2H3. The van der Waals surface area contributed by atoms with Crippen LogP contribution in [0.3, 0.4) is 0 Å². The highest BCUT2D eigenvalue weighted by Crippen LogP contribution is 2.29. The molecule has 2 aromatic rings. The third-order valence-corrected chi connectivity index (χ3v) is 3.96. The average Bonchev–Trinajstić information content (AvgIpc) is 2.92. The van der Waals surface area contributed by atoms with Crippen molar-refractivity contribution in [1.29, 1.82) is 0 Å². The van der Waals surface area contributed by atoms with E-state index in [9.17, 15) is 0 Å². The van der Waals surface area contributed by atoms with Gasteiger partial charge in [-0.3, -0.25) is 0 Å². The van der Waals surface area contributed by atoms with Crippen molar-refractivity contribution in [2.24, 2.45) is 0 Å². The summed E-state index contributed by atoms with van der Waals surface area (Å²) in [5.74, 6) is 0.941. The number of aromatic nitrogens is 1.